The van der Waals surface area contributed by atoms with E-state index in [2.05, 4.69) is 5.32 Å². The fourth-order valence-corrected chi connectivity index (χ4v) is 2.19. The van der Waals surface area contributed by atoms with Gasteiger partial charge in [-0.3, -0.25) is 19.3 Å². The van der Waals surface area contributed by atoms with E-state index in [0.717, 1.165) is 17.1 Å². The molecule has 4 unspecified atom stereocenters. The third-order valence-corrected chi connectivity index (χ3v) is 3.79. The number of aliphatic hydroxyl groups excluding tert-OH is 4. The van der Waals surface area contributed by atoms with Gasteiger partial charge in [-0.2, -0.15) is 0 Å². The summed E-state index contributed by atoms with van der Waals surface area (Å²) < 4.78 is 10.3. The van der Waals surface area contributed by atoms with Crippen LogP contribution < -0.4 is 5.32 Å². The van der Waals surface area contributed by atoms with Crippen molar-refractivity contribution in [3.8, 4) is 0 Å². The van der Waals surface area contributed by atoms with Gasteiger partial charge in [-0.25, -0.2) is 0 Å². The number of carbonyl (C=O) groups is 3. The van der Waals surface area contributed by atoms with Crippen molar-refractivity contribution in [3.63, 3.8) is 0 Å². The van der Waals surface area contributed by atoms with Crippen molar-refractivity contribution in [1.82, 2.24) is 10.2 Å². The fourth-order valence-electron chi connectivity index (χ4n) is 2.19. The molecule has 11 nitrogen and oxygen atoms in total. The molecule has 0 aromatic rings. The topological polar surface area (TPSA) is 166 Å². The molecule has 5 N–H and O–H groups in total. The van der Waals surface area contributed by atoms with E-state index < -0.39 is 48.7 Å². The molecule has 1 aliphatic rings. The normalized spacial score (nSPS) is 18.5. The molecule has 11 heteroatoms. The maximum Gasteiger partial charge on any atom is 0.254 e. The minimum absolute atomic E-state index is 0.103. The van der Waals surface area contributed by atoms with Gasteiger partial charge in [0.2, 0.25) is 5.91 Å². The molecule has 0 saturated carbocycles. The smallest absolute Gasteiger partial charge is 0.254 e. The molecule has 0 spiro atoms. The lowest BCUT2D eigenvalue weighted by Gasteiger charge is -2.21. The minimum atomic E-state index is -1.52. The molecule has 3 amide bonds. The Kier molecular flexibility index (Phi) is 10.1. The van der Waals surface area contributed by atoms with Crippen LogP contribution in [-0.4, -0.2) is 107 Å². The van der Waals surface area contributed by atoms with Gasteiger partial charge in [-0.05, 0) is 6.92 Å². The second kappa shape index (κ2) is 11.7. The molecular weight excluding hydrogens is 364 g/mol. The van der Waals surface area contributed by atoms with E-state index >= 15 is 0 Å². The fraction of sp³-hybridized carbons (Fsp3) is 0.688. The summed E-state index contributed by atoms with van der Waals surface area (Å²) in [6.45, 7) is 1.10. The van der Waals surface area contributed by atoms with Crippen molar-refractivity contribution in [3.05, 3.63) is 12.2 Å². The van der Waals surface area contributed by atoms with Crippen molar-refractivity contribution in [2.75, 3.05) is 39.6 Å². The average molecular weight is 390 g/mol. The highest BCUT2D eigenvalue weighted by Gasteiger charge is 2.32. The van der Waals surface area contributed by atoms with Crippen LogP contribution in [0.1, 0.15) is 6.92 Å². The summed E-state index contributed by atoms with van der Waals surface area (Å²) in [4.78, 5) is 35.8. The number of ether oxygens (including phenoxy) is 2. The summed E-state index contributed by atoms with van der Waals surface area (Å²) in [5.74, 6) is -1.55. The number of aliphatic hydroxyl groups is 4. The minimum Gasteiger partial charge on any atom is -0.394 e. The molecule has 0 bridgehead atoms. The lowest BCUT2D eigenvalue weighted by Crippen LogP contribution is -2.48. The molecule has 0 aliphatic carbocycles. The van der Waals surface area contributed by atoms with Crippen molar-refractivity contribution in [1.29, 1.82) is 0 Å². The van der Waals surface area contributed by atoms with E-state index in [4.69, 9.17) is 19.7 Å². The first-order valence-electron chi connectivity index (χ1n) is 8.43. The second-order valence-corrected chi connectivity index (χ2v) is 5.84. The Morgan fingerprint density at radius 1 is 1.07 bits per heavy atom. The van der Waals surface area contributed by atoms with Crippen molar-refractivity contribution in [2.45, 2.75) is 31.3 Å². The number of imide groups is 1. The number of nitrogens with zero attached hydrogens (tertiary/aromatic N) is 1. The monoisotopic (exact) mass is 390 g/mol. The third-order valence-electron chi connectivity index (χ3n) is 3.79. The van der Waals surface area contributed by atoms with Gasteiger partial charge in [0.1, 0.15) is 24.4 Å². The molecule has 27 heavy (non-hydrogen) atoms. The first-order valence-corrected chi connectivity index (χ1v) is 8.43. The summed E-state index contributed by atoms with van der Waals surface area (Å²) >= 11 is 0. The average Bonchev–Trinajstić information content (AvgIpc) is 2.99. The molecule has 4 atom stereocenters. The Hall–Kier alpha value is -1.89. The molecule has 1 rings (SSSR count). The Morgan fingerprint density at radius 3 is 2.26 bits per heavy atom. The zero-order valence-corrected chi connectivity index (χ0v) is 15.0. The Balaban J connectivity index is 2.08. The van der Waals surface area contributed by atoms with Crippen LogP contribution in [0.25, 0.3) is 0 Å². The van der Waals surface area contributed by atoms with Gasteiger partial charge in [0, 0.05) is 18.7 Å². The Morgan fingerprint density at radius 2 is 1.67 bits per heavy atom. The summed E-state index contributed by atoms with van der Waals surface area (Å²) in [7, 11) is 0. The predicted molar refractivity (Wildman–Crippen MR) is 90.2 cm³/mol. The van der Waals surface area contributed by atoms with E-state index in [1.54, 1.807) is 0 Å². The van der Waals surface area contributed by atoms with Gasteiger partial charge in [0.05, 0.1) is 33.0 Å². The largest absolute Gasteiger partial charge is 0.394 e. The number of nitrogens with one attached hydrogen (secondary N) is 1. The molecule has 0 aromatic heterocycles. The first kappa shape index (κ1) is 23.1. The predicted octanol–water partition coefficient (Wildman–Crippen LogP) is -3.48. The Bertz CT molecular complexity index is 522. The van der Waals surface area contributed by atoms with Crippen LogP contribution >= 0.6 is 0 Å². The summed E-state index contributed by atoms with van der Waals surface area (Å²) in [5.41, 5.74) is 0. The molecule has 1 heterocycles. The summed E-state index contributed by atoms with van der Waals surface area (Å²) in [6, 6.07) is -0.925. The molecule has 0 saturated heterocycles. The number of amides is 3. The van der Waals surface area contributed by atoms with Gasteiger partial charge >= 0.3 is 0 Å². The highest BCUT2D eigenvalue weighted by atomic mass is 16.5. The van der Waals surface area contributed by atoms with Crippen LogP contribution in [0.4, 0.5) is 0 Å². The van der Waals surface area contributed by atoms with Gasteiger partial charge in [0.15, 0.2) is 0 Å². The molecule has 154 valence electrons. The van der Waals surface area contributed by atoms with Crippen LogP contribution in [0.15, 0.2) is 12.2 Å². The number of hydrogen-bond donors (Lipinski definition) is 5. The van der Waals surface area contributed by atoms with Gasteiger partial charge in [-0.1, -0.05) is 0 Å². The first-order chi connectivity index (χ1) is 12.8. The van der Waals surface area contributed by atoms with E-state index in [1.807, 2.05) is 0 Å². The zero-order valence-electron chi connectivity index (χ0n) is 15.0. The zero-order chi connectivity index (χ0) is 20.4. The standard InChI is InChI=1S/C16H26N2O9/c1-10(18-13(22)2-3-14(18)23)16(25)17-4-5-26-6-7-27-9-12(21)15(24)11(20)8-19/h2-3,10-12,15,19-21,24H,4-9H2,1H3,(H,17,25). The van der Waals surface area contributed by atoms with Crippen LogP contribution in [0.3, 0.4) is 0 Å². The lowest BCUT2D eigenvalue weighted by atomic mass is 10.1. The Labute approximate surface area is 156 Å². The van der Waals surface area contributed by atoms with Crippen molar-refractivity contribution >= 4 is 17.7 Å². The van der Waals surface area contributed by atoms with E-state index in [9.17, 15) is 24.6 Å². The summed E-state index contributed by atoms with van der Waals surface area (Å²) in [6.07, 6.45) is -2.10. The van der Waals surface area contributed by atoms with Crippen LogP contribution in [-0.2, 0) is 23.9 Å². The van der Waals surface area contributed by atoms with Crippen molar-refractivity contribution in [2.24, 2.45) is 0 Å². The number of carbonyl (C=O) groups excluding carboxylic acids is 3. The van der Waals surface area contributed by atoms with Gasteiger partial charge in [-0.15, -0.1) is 0 Å². The van der Waals surface area contributed by atoms with Gasteiger partial charge in [0.25, 0.3) is 11.8 Å². The highest BCUT2D eigenvalue weighted by molar-refractivity contribution is 6.15. The lowest BCUT2D eigenvalue weighted by molar-refractivity contribution is -0.144. The second-order valence-electron chi connectivity index (χ2n) is 5.84. The quantitative estimate of drug-likeness (QED) is 0.159. The van der Waals surface area contributed by atoms with E-state index in [-0.39, 0.29) is 33.0 Å². The molecule has 0 aromatic carbocycles. The molecular formula is C16H26N2O9. The molecule has 0 fully saturated rings. The van der Waals surface area contributed by atoms with E-state index in [0.29, 0.717) is 0 Å². The van der Waals surface area contributed by atoms with Crippen LogP contribution in [0.2, 0.25) is 0 Å². The van der Waals surface area contributed by atoms with Crippen LogP contribution in [0, 0.1) is 0 Å². The van der Waals surface area contributed by atoms with Crippen LogP contribution in [0.5, 0.6) is 0 Å². The number of rotatable bonds is 13. The maximum atomic E-state index is 11.9. The number of hydrogen-bond acceptors (Lipinski definition) is 9. The molecule has 1 aliphatic heterocycles. The highest BCUT2D eigenvalue weighted by Crippen LogP contribution is 2.08. The third kappa shape index (κ3) is 7.33. The summed E-state index contributed by atoms with van der Waals surface area (Å²) in [5, 5.41) is 39.3. The molecule has 0 radical (unpaired) electrons. The van der Waals surface area contributed by atoms with Crippen molar-refractivity contribution < 1.29 is 44.3 Å². The van der Waals surface area contributed by atoms with E-state index in [1.165, 1.54) is 6.92 Å². The van der Waals surface area contributed by atoms with Gasteiger partial charge < -0.3 is 35.2 Å². The maximum absolute atomic E-state index is 11.9. The SMILES string of the molecule is CC(C(=O)NCCOCCOCC(O)C(O)C(O)CO)N1C(=O)C=CC1=O.